The maximum atomic E-state index is 12.8. The van der Waals surface area contributed by atoms with E-state index in [9.17, 15) is 9.59 Å². The Balaban J connectivity index is 1.71. The Kier molecular flexibility index (Phi) is 5.71. The molecule has 0 radical (unpaired) electrons. The van der Waals surface area contributed by atoms with Crippen LogP contribution in [-0.4, -0.2) is 43.2 Å². The third kappa shape index (κ3) is 4.08. The van der Waals surface area contributed by atoms with Gasteiger partial charge in [-0.1, -0.05) is 0 Å². The molecule has 1 N–H and O–H groups in total. The third-order valence-electron chi connectivity index (χ3n) is 4.67. The Bertz CT molecular complexity index is 1280. The van der Waals surface area contributed by atoms with E-state index in [1.165, 1.54) is 27.4 Å². The number of rotatable bonds is 6. The van der Waals surface area contributed by atoms with Crippen LogP contribution in [0.2, 0.25) is 0 Å². The minimum absolute atomic E-state index is 0.225. The molecule has 2 aromatic heterocycles. The number of pyridine rings is 1. The Morgan fingerprint density at radius 3 is 2.47 bits per heavy atom. The minimum atomic E-state index is -0.567. The lowest BCUT2D eigenvalue weighted by Gasteiger charge is -2.11. The lowest BCUT2D eigenvalue weighted by molar-refractivity contribution is 0.0600. The van der Waals surface area contributed by atoms with Crippen molar-refractivity contribution in [3.63, 3.8) is 0 Å². The van der Waals surface area contributed by atoms with Gasteiger partial charge in [-0.2, -0.15) is 4.98 Å². The number of anilines is 1. The predicted molar refractivity (Wildman–Crippen MR) is 116 cm³/mol. The van der Waals surface area contributed by atoms with Gasteiger partial charge in [-0.25, -0.2) is 9.78 Å². The van der Waals surface area contributed by atoms with Crippen molar-refractivity contribution >= 4 is 28.8 Å². The lowest BCUT2D eigenvalue weighted by atomic mass is 10.1. The average Bonchev–Trinajstić information content (AvgIpc) is 3.27. The van der Waals surface area contributed by atoms with Gasteiger partial charge in [-0.05, 0) is 48.5 Å². The Labute approximate surface area is 182 Å². The number of nitrogens with one attached hydrogen (secondary N) is 1. The molecule has 0 unspecified atom stereocenters. The van der Waals surface area contributed by atoms with E-state index in [4.69, 9.17) is 18.6 Å². The Hall–Kier alpha value is -4.40. The largest absolute Gasteiger partial charge is 0.493 e. The summed E-state index contributed by atoms with van der Waals surface area (Å²) in [5, 5.41) is 2.78. The molecule has 0 aliphatic carbocycles. The molecule has 0 saturated heterocycles. The Morgan fingerprint density at radius 1 is 0.938 bits per heavy atom. The van der Waals surface area contributed by atoms with Crippen LogP contribution in [0, 0.1) is 0 Å². The molecule has 0 bridgehead atoms. The van der Waals surface area contributed by atoms with Crippen LogP contribution in [-0.2, 0) is 4.74 Å². The minimum Gasteiger partial charge on any atom is -0.493 e. The second-order valence-electron chi connectivity index (χ2n) is 6.66. The smallest absolute Gasteiger partial charge is 0.337 e. The first-order valence-electron chi connectivity index (χ1n) is 9.51. The SMILES string of the molecule is COC(=O)c1cc(NC(=O)c2ccc(OC)c(OC)c2)cc(-c2nc3ncccc3o2)c1. The summed E-state index contributed by atoms with van der Waals surface area (Å²) >= 11 is 0. The second kappa shape index (κ2) is 8.76. The highest BCUT2D eigenvalue weighted by molar-refractivity contribution is 6.05. The normalized spacial score (nSPS) is 10.6. The molecule has 0 aliphatic heterocycles. The molecule has 32 heavy (non-hydrogen) atoms. The fraction of sp³-hybridized carbons (Fsp3) is 0.130. The number of fused-ring (bicyclic) bond motifs is 1. The molecule has 0 atom stereocenters. The van der Waals surface area contributed by atoms with Gasteiger partial charge in [0.2, 0.25) is 5.89 Å². The summed E-state index contributed by atoms with van der Waals surface area (Å²) in [5.74, 6) is 0.207. The zero-order valence-electron chi connectivity index (χ0n) is 17.5. The van der Waals surface area contributed by atoms with Crippen molar-refractivity contribution in [1.82, 2.24) is 9.97 Å². The number of methoxy groups -OCH3 is 3. The molecule has 4 aromatic rings. The molecule has 2 aromatic carbocycles. The molecule has 0 fully saturated rings. The number of benzene rings is 2. The van der Waals surface area contributed by atoms with E-state index in [0.717, 1.165) is 0 Å². The molecule has 9 heteroatoms. The summed E-state index contributed by atoms with van der Waals surface area (Å²) in [4.78, 5) is 33.6. The van der Waals surface area contributed by atoms with Crippen LogP contribution < -0.4 is 14.8 Å². The van der Waals surface area contributed by atoms with Gasteiger partial charge in [0.15, 0.2) is 22.7 Å². The molecule has 162 valence electrons. The molecule has 0 spiro atoms. The van der Waals surface area contributed by atoms with Gasteiger partial charge >= 0.3 is 5.97 Å². The maximum absolute atomic E-state index is 12.8. The van der Waals surface area contributed by atoms with E-state index in [0.29, 0.717) is 39.5 Å². The highest BCUT2D eigenvalue weighted by Crippen LogP contribution is 2.30. The molecule has 0 aliphatic rings. The standard InChI is InChI=1S/C23H19N3O6/c1-29-17-7-6-13(12-19(17)30-2)21(27)25-16-10-14(9-15(11-16)23(28)31-3)22-26-20-18(32-22)5-4-8-24-20/h4-12H,1-3H3,(H,25,27). The van der Waals surface area contributed by atoms with Crippen molar-refractivity contribution in [1.29, 1.82) is 0 Å². The summed E-state index contributed by atoms with van der Waals surface area (Å²) in [6.45, 7) is 0. The topological polar surface area (TPSA) is 113 Å². The Morgan fingerprint density at radius 2 is 1.75 bits per heavy atom. The highest BCUT2D eigenvalue weighted by Gasteiger charge is 2.17. The van der Waals surface area contributed by atoms with E-state index in [2.05, 4.69) is 15.3 Å². The van der Waals surface area contributed by atoms with Crippen molar-refractivity contribution in [2.75, 3.05) is 26.6 Å². The van der Waals surface area contributed by atoms with Crippen molar-refractivity contribution in [2.24, 2.45) is 0 Å². The van der Waals surface area contributed by atoms with E-state index in [-0.39, 0.29) is 11.5 Å². The van der Waals surface area contributed by atoms with Gasteiger partial charge in [0, 0.05) is 23.0 Å². The number of aromatic nitrogens is 2. The third-order valence-corrected chi connectivity index (χ3v) is 4.67. The van der Waals surface area contributed by atoms with E-state index >= 15 is 0 Å². The average molecular weight is 433 g/mol. The predicted octanol–water partition coefficient (Wildman–Crippen LogP) is 3.95. The maximum Gasteiger partial charge on any atom is 0.337 e. The molecule has 0 saturated carbocycles. The van der Waals surface area contributed by atoms with Crippen LogP contribution in [0.25, 0.3) is 22.7 Å². The van der Waals surface area contributed by atoms with Gasteiger partial charge in [0.05, 0.1) is 26.9 Å². The van der Waals surface area contributed by atoms with E-state index < -0.39 is 11.9 Å². The number of oxazole rings is 1. The van der Waals surface area contributed by atoms with E-state index in [1.54, 1.807) is 48.7 Å². The monoisotopic (exact) mass is 433 g/mol. The van der Waals surface area contributed by atoms with E-state index in [1.807, 2.05) is 0 Å². The summed E-state index contributed by atoms with van der Waals surface area (Å²) in [7, 11) is 4.28. The van der Waals surface area contributed by atoms with Crippen LogP contribution in [0.1, 0.15) is 20.7 Å². The number of ether oxygens (including phenoxy) is 3. The van der Waals surface area contributed by atoms with Gasteiger partial charge in [-0.3, -0.25) is 4.79 Å². The summed E-state index contributed by atoms with van der Waals surface area (Å²) < 4.78 is 21.1. The molecule has 2 heterocycles. The van der Waals surface area contributed by atoms with Gasteiger partial charge in [0.1, 0.15) is 0 Å². The first-order valence-corrected chi connectivity index (χ1v) is 9.51. The fourth-order valence-corrected chi connectivity index (χ4v) is 3.13. The number of hydrogen-bond acceptors (Lipinski definition) is 8. The van der Waals surface area contributed by atoms with Crippen LogP contribution in [0.3, 0.4) is 0 Å². The van der Waals surface area contributed by atoms with Crippen molar-refractivity contribution < 1.29 is 28.2 Å². The number of carbonyl (C=O) groups excluding carboxylic acids is 2. The zero-order chi connectivity index (χ0) is 22.7. The van der Waals surface area contributed by atoms with Gasteiger partial charge in [0.25, 0.3) is 5.91 Å². The molecule has 9 nitrogen and oxygen atoms in total. The van der Waals surface area contributed by atoms with Crippen LogP contribution in [0.5, 0.6) is 11.5 Å². The van der Waals surface area contributed by atoms with Crippen molar-refractivity contribution in [3.05, 3.63) is 65.9 Å². The van der Waals surface area contributed by atoms with Gasteiger partial charge < -0.3 is 23.9 Å². The second-order valence-corrected chi connectivity index (χ2v) is 6.66. The van der Waals surface area contributed by atoms with Gasteiger partial charge in [-0.15, -0.1) is 0 Å². The lowest BCUT2D eigenvalue weighted by Crippen LogP contribution is -2.13. The first-order chi connectivity index (χ1) is 15.5. The van der Waals surface area contributed by atoms with Crippen LogP contribution >= 0.6 is 0 Å². The van der Waals surface area contributed by atoms with Crippen molar-refractivity contribution in [2.45, 2.75) is 0 Å². The van der Waals surface area contributed by atoms with Crippen molar-refractivity contribution in [3.8, 4) is 23.0 Å². The number of esters is 1. The number of nitrogens with zero attached hydrogens (tertiary/aromatic N) is 2. The number of carbonyl (C=O) groups is 2. The molecular formula is C23H19N3O6. The quantitative estimate of drug-likeness (QED) is 0.455. The van der Waals surface area contributed by atoms with Crippen LogP contribution in [0.15, 0.2) is 59.1 Å². The molecule has 4 rings (SSSR count). The highest BCUT2D eigenvalue weighted by atomic mass is 16.5. The molecule has 1 amide bonds. The number of hydrogen-bond donors (Lipinski definition) is 1. The zero-order valence-corrected chi connectivity index (χ0v) is 17.5. The number of amides is 1. The summed E-state index contributed by atoms with van der Waals surface area (Å²) in [6, 6.07) is 13.0. The molecular weight excluding hydrogens is 414 g/mol. The first kappa shape index (κ1) is 20.9. The van der Waals surface area contributed by atoms with Crippen LogP contribution in [0.4, 0.5) is 5.69 Å². The summed E-state index contributed by atoms with van der Waals surface area (Å²) in [6.07, 6.45) is 1.61. The fourth-order valence-electron chi connectivity index (χ4n) is 3.13. The summed E-state index contributed by atoms with van der Waals surface area (Å²) in [5.41, 5.74) is 2.34.